The normalized spacial score (nSPS) is 17.3. The zero-order valence-corrected chi connectivity index (χ0v) is 9.11. The van der Waals surface area contributed by atoms with E-state index in [4.69, 9.17) is 4.74 Å². The van der Waals surface area contributed by atoms with Crippen LogP contribution in [0.2, 0.25) is 0 Å². The van der Waals surface area contributed by atoms with E-state index < -0.39 is 0 Å². The summed E-state index contributed by atoms with van der Waals surface area (Å²) in [7, 11) is 0. The lowest BCUT2D eigenvalue weighted by atomic mass is 10.1. The van der Waals surface area contributed by atoms with E-state index in [0.717, 1.165) is 5.75 Å². The second-order valence-electron chi connectivity index (χ2n) is 4.02. The Hall–Kier alpha value is -1.24. The van der Waals surface area contributed by atoms with Gasteiger partial charge in [-0.3, -0.25) is 0 Å². The van der Waals surface area contributed by atoms with Gasteiger partial charge in [-0.2, -0.15) is 0 Å². The first kappa shape index (κ1) is 10.3. The predicted molar refractivity (Wildman–Crippen MR) is 64.1 cm³/mol. The zero-order valence-electron chi connectivity index (χ0n) is 9.11. The summed E-state index contributed by atoms with van der Waals surface area (Å²) in [5.41, 5.74) is 1.17. The number of ether oxygens (including phenoxy) is 1. The second kappa shape index (κ2) is 5.59. The van der Waals surface area contributed by atoms with Crippen molar-refractivity contribution in [1.29, 1.82) is 0 Å². The van der Waals surface area contributed by atoms with Gasteiger partial charge in [0.1, 0.15) is 12.4 Å². The number of hydrogen-bond donors (Lipinski definition) is 0. The van der Waals surface area contributed by atoms with Crippen LogP contribution >= 0.6 is 0 Å². The number of para-hydroxylation sites is 1. The van der Waals surface area contributed by atoms with Crippen LogP contribution in [0.15, 0.2) is 30.3 Å². The van der Waals surface area contributed by atoms with E-state index in [-0.39, 0.29) is 0 Å². The topological polar surface area (TPSA) is 9.23 Å². The van der Waals surface area contributed by atoms with Crippen LogP contribution < -0.4 is 4.74 Å². The average molecular weight is 202 g/mol. The standard InChI is InChI=1S/C9H8O.C5H10/c1-2-6-9-8(4-1)5-3-7-10-9;1-2-4-5-3-1/h1-6H,7H2;1-5H2. The Balaban J connectivity index is 0.000000144. The van der Waals surface area contributed by atoms with E-state index in [2.05, 4.69) is 6.08 Å². The minimum atomic E-state index is 0.705. The molecule has 1 aromatic rings. The second-order valence-corrected chi connectivity index (χ2v) is 4.02. The first-order chi connectivity index (χ1) is 7.47. The summed E-state index contributed by atoms with van der Waals surface area (Å²) >= 11 is 0. The molecule has 0 atom stereocenters. The molecule has 15 heavy (non-hydrogen) atoms. The largest absolute Gasteiger partial charge is 0.489 e. The third-order valence-corrected chi connectivity index (χ3v) is 2.80. The molecule has 2 aliphatic rings. The Kier molecular flexibility index (Phi) is 3.84. The number of rotatable bonds is 0. The predicted octanol–water partition coefficient (Wildman–Crippen LogP) is 4.04. The number of benzene rings is 1. The summed E-state index contributed by atoms with van der Waals surface area (Å²) in [5, 5.41) is 0. The molecule has 0 aromatic heterocycles. The maximum Gasteiger partial charge on any atom is 0.126 e. The molecule has 0 spiro atoms. The molecule has 0 saturated heterocycles. The van der Waals surface area contributed by atoms with E-state index in [1.165, 1.54) is 37.7 Å². The lowest BCUT2D eigenvalue weighted by molar-refractivity contribution is 0.358. The lowest BCUT2D eigenvalue weighted by Gasteiger charge is -2.10. The highest BCUT2D eigenvalue weighted by Crippen LogP contribution is 2.21. The fraction of sp³-hybridized carbons (Fsp3) is 0.429. The van der Waals surface area contributed by atoms with Crippen molar-refractivity contribution in [2.45, 2.75) is 32.1 Å². The Morgan fingerprint density at radius 3 is 2.20 bits per heavy atom. The molecule has 0 radical (unpaired) electrons. The van der Waals surface area contributed by atoms with Crippen molar-refractivity contribution in [1.82, 2.24) is 0 Å². The molecule has 1 aliphatic heterocycles. The quantitative estimate of drug-likeness (QED) is 0.617. The minimum absolute atomic E-state index is 0.705. The van der Waals surface area contributed by atoms with Crippen molar-refractivity contribution < 1.29 is 4.74 Å². The fourth-order valence-electron chi connectivity index (χ4n) is 1.95. The molecule has 1 aromatic carbocycles. The van der Waals surface area contributed by atoms with Gasteiger partial charge in [-0.25, -0.2) is 0 Å². The number of hydrogen-bond acceptors (Lipinski definition) is 1. The van der Waals surface area contributed by atoms with Gasteiger partial charge in [-0.15, -0.1) is 0 Å². The van der Waals surface area contributed by atoms with E-state index in [1.54, 1.807) is 0 Å². The first-order valence-electron chi connectivity index (χ1n) is 5.85. The van der Waals surface area contributed by atoms with E-state index >= 15 is 0 Å². The van der Waals surface area contributed by atoms with Crippen LogP contribution in [0.25, 0.3) is 6.08 Å². The smallest absolute Gasteiger partial charge is 0.126 e. The Bertz CT molecular complexity index is 316. The van der Waals surface area contributed by atoms with Crippen molar-refractivity contribution in [3.63, 3.8) is 0 Å². The third-order valence-electron chi connectivity index (χ3n) is 2.80. The summed E-state index contributed by atoms with van der Waals surface area (Å²) in [6, 6.07) is 8.03. The third kappa shape index (κ3) is 3.12. The monoisotopic (exact) mass is 202 g/mol. The van der Waals surface area contributed by atoms with E-state index in [1.807, 2.05) is 30.3 Å². The average Bonchev–Trinajstić information content (AvgIpc) is 2.88. The fourth-order valence-corrected chi connectivity index (χ4v) is 1.95. The molecule has 1 heterocycles. The molecule has 0 unspecified atom stereocenters. The molecule has 1 fully saturated rings. The summed E-state index contributed by atoms with van der Waals surface area (Å²) in [5.74, 6) is 0.991. The van der Waals surface area contributed by atoms with Crippen LogP contribution in [-0.4, -0.2) is 6.61 Å². The van der Waals surface area contributed by atoms with Gasteiger partial charge in [0.25, 0.3) is 0 Å². The molecular formula is C14H18O. The van der Waals surface area contributed by atoms with E-state index in [0.29, 0.717) is 6.61 Å². The van der Waals surface area contributed by atoms with Crippen molar-refractivity contribution in [3.05, 3.63) is 35.9 Å². The molecule has 0 amide bonds. The Labute approximate surface area is 91.8 Å². The maximum atomic E-state index is 5.34. The van der Waals surface area contributed by atoms with Gasteiger partial charge < -0.3 is 4.74 Å². The highest BCUT2D eigenvalue weighted by Gasteiger charge is 2.01. The molecule has 0 N–H and O–H groups in total. The lowest BCUT2D eigenvalue weighted by Crippen LogP contribution is -1.98. The zero-order chi connectivity index (χ0) is 10.3. The molecule has 3 rings (SSSR count). The van der Waals surface area contributed by atoms with E-state index in [9.17, 15) is 0 Å². The van der Waals surface area contributed by atoms with Crippen molar-refractivity contribution in [3.8, 4) is 5.75 Å². The molecule has 0 bridgehead atoms. The van der Waals surface area contributed by atoms with Crippen LogP contribution in [0.1, 0.15) is 37.7 Å². The van der Waals surface area contributed by atoms with Crippen LogP contribution in [0.5, 0.6) is 5.75 Å². The van der Waals surface area contributed by atoms with Crippen LogP contribution in [0.3, 0.4) is 0 Å². The molecule has 1 saturated carbocycles. The minimum Gasteiger partial charge on any atom is -0.489 e. The van der Waals surface area contributed by atoms with Gasteiger partial charge >= 0.3 is 0 Å². The summed E-state index contributed by atoms with van der Waals surface area (Å²) in [6.07, 6.45) is 11.6. The van der Waals surface area contributed by atoms with Gasteiger partial charge in [0.05, 0.1) is 0 Å². The highest BCUT2D eigenvalue weighted by atomic mass is 16.5. The Morgan fingerprint density at radius 2 is 1.53 bits per heavy atom. The van der Waals surface area contributed by atoms with Gasteiger partial charge in [-0.1, -0.05) is 56.4 Å². The molecule has 1 nitrogen and oxygen atoms in total. The van der Waals surface area contributed by atoms with Crippen LogP contribution in [-0.2, 0) is 0 Å². The van der Waals surface area contributed by atoms with Crippen LogP contribution in [0.4, 0.5) is 0 Å². The van der Waals surface area contributed by atoms with Gasteiger partial charge in [-0.05, 0) is 12.1 Å². The summed E-state index contributed by atoms with van der Waals surface area (Å²) in [4.78, 5) is 0. The first-order valence-corrected chi connectivity index (χ1v) is 5.85. The molecule has 1 heteroatoms. The van der Waals surface area contributed by atoms with Crippen molar-refractivity contribution in [2.24, 2.45) is 0 Å². The van der Waals surface area contributed by atoms with Crippen LogP contribution in [0, 0.1) is 0 Å². The van der Waals surface area contributed by atoms with Gasteiger partial charge in [0.2, 0.25) is 0 Å². The highest BCUT2D eigenvalue weighted by molar-refractivity contribution is 5.58. The van der Waals surface area contributed by atoms with Crippen molar-refractivity contribution in [2.75, 3.05) is 6.61 Å². The van der Waals surface area contributed by atoms with Gasteiger partial charge in [0, 0.05) is 5.56 Å². The van der Waals surface area contributed by atoms with Crippen molar-refractivity contribution >= 4 is 6.08 Å². The number of fused-ring (bicyclic) bond motifs is 1. The maximum absolute atomic E-state index is 5.34. The SMILES string of the molecule is C1=Cc2ccccc2OC1.C1CCCC1. The summed E-state index contributed by atoms with van der Waals surface area (Å²) in [6.45, 7) is 0.705. The molecule has 80 valence electrons. The Morgan fingerprint density at radius 1 is 0.867 bits per heavy atom. The molecular weight excluding hydrogens is 184 g/mol. The van der Waals surface area contributed by atoms with Gasteiger partial charge in [0.15, 0.2) is 0 Å². The summed E-state index contributed by atoms with van der Waals surface area (Å²) < 4.78 is 5.34. The molecule has 1 aliphatic carbocycles.